The third kappa shape index (κ3) is 2.03. The Morgan fingerprint density at radius 1 is 1.45 bits per heavy atom. The molecule has 1 atom stereocenters. The molecule has 0 radical (unpaired) electrons. The van der Waals surface area contributed by atoms with Gasteiger partial charge in [-0.3, -0.25) is 0 Å². The summed E-state index contributed by atoms with van der Waals surface area (Å²) in [5, 5.41) is 0.770. The molecule has 0 aliphatic carbocycles. The van der Waals surface area contributed by atoms with Gasteiger partial charge in [0.15, 0.2) is 5.11 Å². The number of rotatable bonds is 2. The largest absolute Gasteiger partial charge is 0.483 e. The molecule has 106 valence electrons. The number of anilines is 1. The maximum absolute atomic E-state index is 6.14. The van der Waals surface area contributed by atoms with E-state index in [-0.39, 0.29) is 11.6 Å². The first-order valence-corrected chi connectivity index (χ1v) is 7.36. The summed E-state index contributed by atoms with van der Waals surface area (Å²) in [4.78, 5) is 4.68. The molecule has 3 rings (SSSR count). The first-order valence-electron chi connectivity index (χ1n) is 6.54. The third-order valence-corrected chi connectivity index (χ3v) is 4.41. The summed E-state index contributed by atoms with van der Waals surface area (Å²) in [6, 6.07) is 8.15. The lowest BCUT2D eigenvalue weighted by molar-refractivity contribution is 0.0714. The Bertz CT molecular complexity index is 588. The molecule has 4 nitrogen and oxygen atoms in total. The summed E-state index contributed by atoms with van der Waals surface area (Å²) in [5.41, 5.74) is 6.37. The van der Waals surface area contributed by atoms with E-state index in [9.17, 15) is 0 Å². The summed E-state index contributed by atoms with van der Waals surface area (Å²) < 4.78 is 6.14. The van der Waals surface area contributed by atoms with E-state index >= 15 is 0 Å². The number of nitrogens with two attached hydrogens (primary N) is 1. The minimum Gasteiger partial charge on any atom is -0.483 e. The highest BCUT2D eigenvalue weighted by molar-refractivity contribution is 7.80. The molecule has 2 heterocycles. The van der Waals surface area contributed by atoms with Gasteiger partial charge < -0.3 is 20.3 Å². The molecule has 2 aliphatic rings. The minimum absolute atomic E-state index is 0.166. The molecule has 1 aromatic carbocycles. The van der Waals surface area contributed by atoms with Gasteiger partial charge in [-0.2, -0.15) is 0 Å². The fraction of sp³-hybridized carbons (Fsp3) is 0.429. The van der Waals surface area contributed by atoms with Crippen molar-refractivity contribution in [2.75, 3.05) is 18.0 Å². The van der Waals surface area contributed by atoms with Crippen molar-refractivity contribution in [3.63, 3.8) is 0 Å². The summed E-state index contributed by atoms with van der Waals surface area (Å²) in [5.74, 6) is 0.869. The van der Waals surface area contributed by atoms with Crippen LogP contribution in [-0.2, 0) is 0 Å². The Kier molecular flexibility index (Phi) is 3.10. The monoisotopic (exact) mass is 307 g/mol. The van der Waals surface area contributed by atoms with Gasteiger partial charge in [0.05, 0.1) is 23.3 Å². The molecule has 6 heteroatoms. The molecule has 0 amide bonds. The van der Waals surface area contributed by atoms with E-state index in [4.69, 9.17) is 34.9 Å². The molecule has 0 aromatic heterocycles. The molecule has 2 aliphatic heterocycles. The number of nitrogens with zero attached hydrogens (tertiary/aromatic N) is 2. The zero-order valence-electron chi connectivity index (χ0n) is 11.5. The van der Waals surface area contributed by atoms with E-state index in [0.717, 1.165) is 23.1 Å². The van der Waals surface area contributed by atoms with E-state index in [1.807, 2.05) is 24.3 Å². The van der Waals surface area contributed by atoms with Crippen LogP contribution in [0.3, 0.4) is 0 Å². The Labute approximate surface area is 129 Å². The average molecular weight is 307 g/mol. The molecule has 0 saturated carbocycles. The second-order valence-electron chi connectivity index (χ2n) is 5.69. The van der Waals surface area contributed by atoms with Gasteiger partial charge in [-0.1, -0.05) is 24.4 Å². The van der Waals surface area contributed by atoms with Crippen LogP contribution in [0.15, 0.2) is 24.3 Å². The van der Waals surface area contributed by atoms with Crippen molar-refractivity contribution in [1.29, 1.82) is 0 Å². The van der Waals surface area contributed by atoms with Gasteiger partial charge in [0.25, 0.3) is 0 Å². The second kappa shape index (κ2) is 4.56. The third-order valence-electron chi connectivity index (χ3n) is 3.83. The number of hydrogen-bond acceptors (Lipinski definition) is 3. The molecule has 0 bridgehead atoms. The Balaban J connectivity index is 2.03. The quantitative estimate of drug-likeness (QED) is 0.842. The highest BCUT2D eigenvalue weighted by Gasteiger charge is 2.49. The van der Waals surface area contributed by atoms with Crippen LogP contribution >= 0.6 is 24.4 Å². The van der Waals surface area contributed by atoms with E-state index in [0.29, 0.717) is 11.5 Å². The van der Waals surface area contributed by atoms with Crippen molar-refractivity contribution in [3.8, 4) is 5.75 Å². The highest BCUT2D eigenvalue weighted by Crippen LogP contribution is 2.43. The van der Waals surface area contributed by atoms with Gasteiger partial charge >= 0.3 is 0 Å². The van der Waals surface area contributed by atoms with Crippen LogP contribution in [0.25, 0.3) is 0 Å². The van der Waals surface area contributed by atoms with Crippen LogP contribution in [0.4, 0.5) is 5.69 Å². The van der Waals surface area contributed by atoms with E-state index in [1.165, 1.54) is 0 Å². The molecule has 20 heavy (non-hydrogen) atoms. The summed E-state index contributed by atoms with van der Waals surface area (Å²) in [6.07, 6.45) is 0. The van der Waals surface area contributed by atoms with Crippen molar-refractivity contribution >= 4 is 40.2 Å². The maximum atomic E-state index is 6.14. The number of hydrogen-bond donors (Lipinski definition) is 1. The average Bonchev–Trinajstić information content (AvgIpc) is 2.67. The van der Waals surface area contributed by atoms with Gasteiger partial charge in [-0.25, -0.2) is 0 Å². The number of ether oxygens (including phenoxy) is 1. The zero-order chi connectivity index (χ0) is 14.5. The van der Waals surface area contributed by atoms with Gasteiger partial charge in [-0.15, -0.1) is 0 Å². The van der Waals surface area contributed by atoms with E-state index in [2.05, 4.69) is 23.6 Å². The minimum atomic E-state index is -0.316. The predicted octanol–water partition coefficient (Wildman–Crippen LogP) is 1.92. The molecule has 2 N–H and O–H groups in total. The highest BCUT2D eigenvalue weighted by atomic mass is 32.1. The zero-order valence-corrected chi connectivity index (χ0v) is 13.1. The Hall–Kier alpha value is -1.40. The van der Waals surface area contributed by atoms with Crippen LogP contribution in [0.5, 0.6) is 5.75 Å². The fourth-order valence-corrected chi connectivity index (χ4v) is 3.39. The van der Waals surface area contributed by atoms with Crippen LogP contribution < -0.4 is 15.4 Å². The van der Waals surface area contributed by atoms with Gasteiger partial charge in [-0.05, 0) is 38.2 Å². The van der Waals surface area contributed by atoms with Crippen LogP contribution in [0, 0.1) is 0 Å². The van der Waals surface area contributed by atoms with Gasteiger partial charge in [0, 0.05) is 6.54 Å². The van der Waals surface area contributed by atoms with Gasteiger partial charge in [0.2, 0.25) is 0 Å². The van der Waals surface area contributed by atoms with Crippen LogP contribution in [0.1, 0.15) is 13.8 Å². The first kappa shape index (κ1) is 13.6. The standard InChI is InChI=1S/C14H17N3OS2/c1-14(2)11-7-16(8-12(15)19)13(20)17(11)9-5-3-4-6-10(9)18-14/h3-6,11H,7-8H2,1-2H3,(H2,15,19). The summed E-state index contributed by atoms with van der Waals surface area (Å²) in [7, 11) is 0. The van der Waals surface area contributed by atoms with Crippen molar-refractivity contribution < 1.29 is 4.74 Å². The van der Waals surface area contributed by atoms with Crippen molar-refractivity contribution in [3.05, 3.63) is 24.3 Å². The van der Waals surface area contributed by atoms with Crippen molar-refractivity contribution in [2.24, 2.45) is 5.73 Å². The summed E-state index contributed by atoms with van der Waals surface area (Å²) in [6.45, 7) is 5.47. The lowest BCUT2D eigenvalue weighted by Gasteiger charge is -2.43. The topological polar surface area (TPSA) is 41.7 Å². The van der Waals surface area contributed by atoms with Crippen LogP contribution in [-0.4, -0.2) is 39.7 Å². The molecule has 1 aromatic rings. The first-order chi connectivity index (χ1) is 9.40. The van der Waals surface area contributed by atoms with Crippen LogP contribution in [0.2, 0.25) is 0 Å². The predicted molar refractivity (Wildman–Crippen MR) is 88.4 cm³/mol. The van der Waals surface area contributed by atoms with Crippen molar-refractivity contribution in [1.82, 2.24) is 4.90 Å². The number of fused-ring (bicyclic) bond motifs is 3. The Morgan fingerprint density at radius 2 is 2.15 bits per heavy atom. The summed E-state index contributed by atoms with van der Waals surface area (Å²) >= 11 is 10.6. The lowest BCUT2D eigenvalue weighted by Crippen LogP contribution is -2.55. The van der Waals surface area contributed by atoms with Crippen molar-refractivity contribution in [2.45, 2.75) is 25.5 Å². The lowest BCUT2D eigenvalue weighted by atomic mass is 9.95. The molecule has 1 unspecified atom stereocenters. The molecule has 1 saturated heterocycles. The van der Waals surface area contributed by atoms with E-state index < -0.39 is 0 Å². The van der Waals surface area contributed by atoms with Gasteiger partial charge in [0.1, 0.15) is 11.4 Å². The van der Waals surface area contributed by atoms with E-state index in [1.54, 1.807) is 0 Å². The number of para-hydroxylation sites is 2. The molecule has 0 spiro atoms. The molecule has 1 fully saturated rings. The number of thiocarbonyl (C=S) groups is 2. The smallest absolute Gasteiger partial charge is 0.177 e. The fourth-order valence-electron chi connectivity index (χ4n) is 2.87. The SMILES string of the molecule is CC1(C)Oc2ccccc2N2C(=S)N(CC(N)=S)CC21. The Morgan fingerprint density at radius 3 is 2.85 bits per heavy atom. The molecular formula is C14H17N3OS2. The number of benzene rings is 1. The normalized spacial score (nSPS) is 23.1. The maximum Gasteiger partial charge on any atom is 0.177 e. The second-order valence-corrected chi connectivity index (χ2v) is 6.58. The molecular weight excluding hydrogens is 290 g/mol.